The molecule has 0 saturated heterocycles. The molecular formula is C20H18ClN3O4. The van der Waals surface area contributed by atoms with E-state index in [1.165, 1.54) is 0 Å². The van der Waals surface area contributed by atoms with Crippen LogP contribution in [0.3, 0.4) is 0 Å². The molecule has 8 heteroatoms. The summed E-state index contributed by atoms with van der Waals surface area (Å²) in [5, 5.41) is 10.2. The van der Waals surface area contributed by atoms with Crippen molar-refractivity contribution in [1.82, 2.24) is 0 Å². The third-order valence-corrected chi connectivity index (χ3v) is 5.03. The van der Waals surface area contributed by atoms with E-state index in [1.807, 2.05) is 18.2 Å². The van der Waals surface area contributed by atoms with Gasteiger partial charge in [-0.3, -0.25) is 9.59 Å². The van der Waals surface area contributed by atoms with Crippen LogP contribution in [0.4, 0.5) is 11.4 Å². The number of nitrogens with one attached hydrogen (secondary N) is 2. The Morgan fingerprint density at radius 3 is 2.89 bits per heavy atom. The molecule has 0 spiro atoms. The van der Waals surface area contributed by atoms with Gasteiger partial charge in [-0.15, -0.1) is 0 Å². The number of amides is 2. The number of fused-ring (bicyclic) bond motifs is 1. The quantitative estimate of drug-likeness (QED) is 0.825. The van der Waals surface area contributed by atoms with Gasteiger partial charge in [0.15, 0.2) is 6.10 Å². The fraction of sp³-hybridized carbons (Fsp3) is 0.250. The molecule has 2 aromatic carbocycles. The predicted octanol–water partition coefficient (Wildman–Crippen LogP) is 3.58. The third kappa shape index (κ3) is 3.29. The number of nitrogens with zero attached hydrogens (tertiary/aromatic N) is 1. The number of benzene rings is 2. The highest BCUT2D eigenvalue weighted by atomic mass is 35.5. The van der Waals surface area contributed by atoms with Crippen LogP contribution in [0.15, 0.2) is 47.6 Å². The molecule has 2 heterocycles. The van der Waals surface area contributed by atoms with Crippen LogP contribution in [0.25, 0.3) is 0 Å². The van der Waals surface area contributed by atoms with E-state index in [4.69, 9.17) is 21.2 Å². The molecule has 144 valence electrons. The molecule has 28 heavy (non-hydrogen) atoms. The van der Waals surface area contributed by atoms with Gasteiger partial charge in [-0.2, -0.15) is 0 Å². The van der Waals surface area contributed by atoms with E-state index in [0.29, 0.717) is 27.9 Å². The summed E-state index contributed by atoms with van der Waals surface area (Å²) in [5.74, 6) is -0.0349. The van der Waals surface area contributed by atoms with Crippen molar-refractivity contribution in [2.75, 3.05) is 10.6 Å². The van der Waals surface area contributed by atoms with Crippen LogP contribution in [0, 0.1) is 0 Å². The van der Waals surface area contributed by atoms with E-state index in [2.05, 4.69) is 15.8 Å². The smallest absolute Gasteiger partial charge is 0.271 e. The van der Waals surface area contributed by atoms with Gasteiger partial charge in [0.1, 0.15) is 5.75 Å². The minimum Gasteiger partial charge on any atom is -0.479 e. The van der Waals surface area contributed by atoms with Crippen molar-refractivity contribution in [3.63, 3.8) is 0 Å². The maximum atomic E-state index is 12.8. The predicted molar refractivity (Wildman–Crippen MR) is 106 cm³/mol. The van der Waals surface area contributed by atoms with Crippen LogP contribution < -0.4 is 15.4 Å². The van der Waals surface area contributed by atoms with Crippen LogP contribution in [0.5, 0.6) is 5.75 Å². The number of carbonyl (C=O) groups excluding carboxylic acids is 2. The third-order valence-electron chi connectivity index (χ3n) is 4.70. The molecule has 0 aromatic heterocycles. The maximum absolute atomic E-state index is 12.8. The molecule has 0 fully saturated rings. The Labute approximate surface area is 166 Å². The summed E-state index contributed by atoms with van der Waals surface area (Å²) < 4.78 is 5.52. The summed E-state index contributed by atoms with van der Waals surface area (Å²) >= 11 is 6.21. The lowest BCUT2D eigenvalue weighted by Gasteiger charge is -2.24. The van der Waals surface area contributed by atoms with Gasteiger partial charge in [0.2, 0.25) is 5.60 Å². The first kappa shape index (κ1) is 18.3. The number of halogens is 1. The van der Waals surface area contributed by atoms with Crippen LogP contribution in [0.2, 0.25) is 5.02 Å². The molecule has 2 aliphatic rings. The van der Waals surface area contributed by atoms with Crippen LogP contribution in [-0.4, -0.2) is 29.2 Å². The second kappa shape index (κ2) is 6.83. The van der Waals surface area contributed by atoms with Crippen molar-refractivity contribution >= 4 is 40.5 Å². The molecule has 0 aliphatic carbocycles. The van der Waals surface area contributed by atoms with Gasteiger partial charge >= 0.3 is 0 Å². The molecule has 2 aliphatic heterocycles. The minimum atomic E-state index is -1.17. The van der Waals surface area contributed by atoms with Gasteiger partial charge in [-0.1, -0.05) is 35.0 Å². The highest BCUT2D eigenvalue weighted by Gasteiger charge is 2.42. The van der Waals surface area contributed by atoms with Gasteiger partial charge in [0, 0.05) is 22.7 Å². The monoisotopic (exact) mass is 399 g/mol. The molecule has 0 unspecified atom stereocenters. The summed E-state index contributed by atoms with van der Waals surface area (Å²) in [6.45, 7) is 3.34. The molecule has 0 saturated carbocycles. The van der Waals surface area contributed by atoms with Crippen molar-refractivity contribution in [1.29, 1.82) is 0 Å². The summed E-state index contributed by atoms with van der Waals surface area (Å²) in [7, 11) is 0. The Bertz CT molecular complexity index is 1010. The summed E-state index contributed by atoms with van der Waals surface area (Å²) in [4.78, 5) is 30.1. The largest absolute Gasteiger partial charge is 0.479 e. The highest BCUT2D eigenvalue weighted by Crippen LogP contribution is 2.34. The standard InChI is InChI=1S/C20H18ClN3O4/c1-11-18(25)23-15-9-12(7-8-17(15)27-11)22-19(26)20(2)10-16(24-28-20)13-5-3-4-6-14(13)21/h3-9,11H,10H2,1-2H3,(H,22,26)(H,23,25)/t11-,20-/m1/s1. The molecule has 2 amide bonds. The molecule has 2 atom stereocenters. The number of oxime groups is 1. The van der Waals surface area contributed by atoms with Crippen molar-refractivity contribution in [3.8, 4) is 5.75 Å². The number of hydrogen-bond donors (Lipinski definition) is 2. The first-order valence-corrected chi connectivity index (χ1v) is 9.16. The first-order valence-electron chi connectivity index (χ1n) is 8.79. The molecule has 0 bridgehead atoms. The SMILES string of the molecule is C[C@H]1Oc2ccc(NC(=O)[C@@]3(C)CC(c4ccccc4Cl)=NO3)cc2NC1=O. The van der Waals surface area contributed by atoms with Crippen LogP contribution in [-0.2, 0) is 14.4 Å². The molecule has 7 nitrogen and oxygen atoms in total. The number of hydrogen-bond acceptors (Lipinski definition) is 5. The number of carbonyl (C=O) groups is 2. The Hall–Kier alpha value is -3.06. The summed E-state index contributed by atoms with van der Waals surface area (Å²) in [5.41, 5.74) is 1.20. The number of ether oxygens (including phenoxy) is 1. The topological polar surface area (TPSA) is 89.0 Å². The molecular weight excluding hydrogens is 382 g/mol. The van der Waals surface area contributed by atoms with Crippen LogP contribution in [0.1, 0.15) is 25.8 Å². The van der Waals surface area contributed by atoms with Gasteiger partial charge in [0.25, 0.3) is 11.8 Å². The molecule has 2 N–H and O–H groups in total. The zero-order valence-electron chi connectivity index (χ0n) is 15.3. The van der Waals surface area contributed by atoms with E-state index >= 15 is 0 Å². The van der Waals surface area contributed by atoms with E-state index in [9.17, 15) is 9.59 Å². The lowest BCUT2D eigenvalue weighted by Crippen LogP contribution is -2.40. The molecule has 2 aromatic rings. The lowest BCUT2D eigenvalue weighted by molar-refractivity contribution is -0.135. The first-order chi connectivity index (χ1) is 13.4. The minimum absolute atomic E-state index is 0.236. The highest BCUT2D eigenvalue weighted by molar-refractivity contribution is 6.34. The Morgan fingerprint density at radius 1 is 1.32 bits per heavy atom. The summed E-state index contributed by atoms with van der Waals surface area (Å²) in [6, 6.07) is 12.3. The van der Waals surface area contributed by atoms with E-state index in [1.54, 1.807) is 38.1 Å². The van der Waals surface area contributed by atoms with Crippen molar-refractivity contribution in [2.24, 2.45) is 5.16 Å². The average Bonchev–Trinajstić information content (AvgIpc) is 3.07. The Kier molecular flexibility index (Phi) is 4.47. The lowest BCUT2D eigenvalue weighted by atomic mass is 9.95. The fourth-order valence-corrected chi connectivity index (χ4v) is 3.30. The Morgan fingerprint density at radius 2 is 2.11 bits per heavy atom. The number of anilines is 2. The van der Waals surface area contributed by atoms with Gasteiger partial charge in [0.05, 0.1) is 11.4 Å². The van der Waals surface area contributed by atoms with Gasteiger partial charge in [-0.25, -0.2) is 0 Å². The maximum Gasteiger partial charge on any atom is 0.271 e. The van der Waals surface area contributed by atoms with Crippen LogP contribution >= 0.6 is 11.6 Å². The van der Waals surface area contributed by atoms with Crippen molar-refractivity contribution in [2.45, 2.75) is 32.0 Å². The fourth-order valence-electron chi connectivity index (χ4n) is 3.05. The van der Waals surface area contributed by atoms with Crippen molar-refractivity contribution in [3.05, 3.63) is 53.1 Å². The summed E-state index contributed by atoms with van der Waals surface area (Å²) in [6.07, 6.45) is -0.274. The van der Waals surface area contributed by atoms with Gasteiger partial charge < -0.3 is 20.2 Å². The van der Waals surface area contributed by atoms with Gasteiger partial charge in [-0.05, 0) is 38.1 Å². The zero-order valence-corrected chi connectivity index (χ0v) is 16.0. The zero-order chi connectivity index (χ0) is 19.9. The second-order valence-electron chi connectivity index (χ2n) is 6.93. The Balaban J connectivity index is 1.48. The molecule has 4 rings (SSSR count). The molecule has 0 radical (unpaired) electrons. The van der Waals surface area contributed by atoms with E-state index < -0.39 is 11.7 Å². The number of rotatable bonds is 3. The second-order valence-corrected chi connectivity index (χ2v) is 7.34. The van der Waals surface area contributed by atoms with E-state index in [-0.39, 0.29) is 18.2 Å². The van der Waals surface area contributed by atoms with E-state index in [0.717, 1.165) is 5.56 Å². The normalized spacial score (nSPS) is 23.0. The average molecular weight is 400 g/mol. The van der Waals surface area contributed by atoms with Crippen molar-refractivity contribution < 1.29 is 19.2 Å².